The van der Waals surface area contributed by atoms with E-state index in [1.54, 1.807) is 0 Å². The van der Waals surface area contributed by atoms with Crippen molar-refractivity contribution in [3.05, 3.63) is 47.6 Å². The molecule has 0 aliphatic heterocycles. The molecule has 2 N–H and O–H groups in total. The van der Waals surface area contributed by atoms with Crippen molar-refractivity contribution < 1.29 is 9.26 Å². The van der Waals surface area contributed by atoms with Crippen molar-refractivity contribution in [2.24, 2.45) is 5.73 Å². The predicted molar refractivity (Wildman–Crippen MR) is 80.6 cm³/mol. The van der Waals surface area contributed by atoms with Crippen LogP contribution in [-0.4, -0.2) is 16.7 Å². The van der Waals surface area contributed by atoms with Gasteiger partial charge in [0, 0.05) is 6.61 Å². The summed E-state index contributed by atoms with van der Waals surface area (Å²) in [5.74, 6) is 1.01. The number of ether oxygens (including phenoxy) is 1. The average molecular weight is 289 g/mol. The van der Waals surface area contributed by atoms with Crippen LogP contribution in [-0.2, 0) is 16.8 Å². The predicted octanol–water partition coefficient (Wildman–Crippen LogP) is 2.97. The quantitative estimate of drug-likeness (QED) is 0.848. The molecular formula is C16H23N3O2. The van der Waals surface area contributed by atoms with Gasteiger partial charge in [0.2, 0.25) is 11.7 Å². The molecule has 0 radical (unpaired) electrons. The van der Waals surface area contributed by atoms with E-state index in [1.807, 2.05) is 51.1 Å². The normalized spacial score (nSPS) is 15.6. The molecule has 0 amide bonds. The largest absolute Gasteiger partial charge is 0.367 e. The van der Waals surface area contributed by atoms with E-state index in [9.17, 15) is 0 Å². The van der Waals surface area contributed by atoms with Gasteiger partial charge in [-0.25, -0.2) is 0 Å². The molecule has 2 rings (SSSR count). The topological polar surface area (TPSA) is 74.2 Å². The molecule has 0 spiro atoms. The second kappa shape index (κ2) is 6.83. The minimum Gasteiger partial charge on any atom is -0.367 e. The molecule has 5 heteroatoms. The molecule has 0 aliphatic carbocycles. The van der Waals surface area contributed by atoms with E-state index in [2.05, 4.69) is 10.1 Å². The van der Waals surface area contributed by atoms with Gasteiger partial charge < -0.3 is 15.0 Å². The Hall–Kier alpha value is -1.72. The van der Waals surface area contributed by atoms with Crippen LogP contribution in [0.5, 0.6) is 0 Å². The second-order valence-electron chi connectivity index (χ2n) is 5.27. The smallest absolute Gasteiger partial charge is 0.244 e. The fourth-order valence-corrected chi connectivity index (χ4v) is 2.20. The maximum Gasteiger partial charge on any atom is 0.244 e. The number of hydrogen-bond donors (Lipinski definition) is 1. The molecule has 1 heterocycles. The first-order valence-corrected chi connectivity index (χ1v) is 7.36. The summed E-state index contributed by atoms with van der Waals surface area (Å²) in [7, 11) is 0. The summed E-state index contributed by atoms with van der Waals surface area (Å²) in [4.78, 5) is 4.44. The maximum atomic E-state index is 6.16. The van der Waals surface area contributed by atoms with Crippen molar-refractivity contribution in [1.82, 2.24) is 10.1 Å². The Kier molecular flexibility index (Phi) is 5.09. The Morgan fingerprint density at radius 3 is 2.62 bits per heavy atom. The van der Waals surface area contributed by atoms with Crippen LogP contribution in [0.15, 0.2) is 34.9 Å². The molecule has 114 valence electrons. The number of nitrogens with two attached hydrogens (primary N) is 1. The highest BCUT2D eigenvalue weighted by atomic mass is 16.5. The maximum absolute atomic E-state index is 6.16. The highest BCUT2D eigenvalue weighted by Gasteiger charge is 2.31. The fourth-order valence-electron chi connectivity index (χ4n) is 2.20. The van der Waals surface area contributed by atoms with Crippen LogP contribution in [0.2, 0.25) is 0 Å². The Balaban J connectivity index is 2.12. The number of benzene rings is 1. The van der Waals surface area contributed by atoms with Gasteiger partial charge in [-0.3, -0.25) is 0 Å². The van der Waals surface area contributed by atoms with Crippen molar-refractivity contribution >= 4 is 0 Å². The number of hydrogen-bond acceptors (Lipinski definition) is 5. The average Bonchev–Trinajstić information content (AvgIpc) is 2.99. The molecule has 0 fully saturated rings. The van der Waals surface area contributed by atoms with E-state index in [-0.39, 0.29) is 6.04 Å². The van der Waals surface area contributed by atoms with Crippen LogP contribution in [0.25, 0.3) is 0 Å². The number of rotatable bonds is 7. The lowest BCUT2D eigenvalue weighted by molar-refractivity contribution is -0.0403. The zero-order chi connectivity index (χ0) is 15.3. The summed E-state index contributed by atoms with van der Waals surface area (Å²) in [5, 5.41) is 4.05. The van der Waals surface area contributed by atoms with Crippen LogP contribution in [0.1, 0.15) is 50.5 Å². The highest BCUT2D eigenvalue weighted by Crippen LogP contribution is 2.27. The van der Waals surface area contributed by atoms with Crippen LogP contribution < -0.4 is 5.73 Å². The Morgan fingerprint density at radius 1 is 1.29 bits per heavy atom. The van der Waals surface area contributed by atoms with Crippen molar-refractivity contribution in [2.75, 3.05) is 6.61 Å². The molecule has 1 aromatic carbocycles. The summed E-state index contributed by atoms with van der Waals surface area (Å²) in [6.45, 7) is 6.56. The van der Waals surface area contributed by atoms with Gasteiger partial charge in [0.25, 0.3) is 0 Å². The minimum atomic E-state index is -0.525. The third-order valence-corrected chi connectivity index (χ3v) is 3.67. The van der Waals surface area contributed by atoms with Crippen LogP contribution >= 0.6 is 0 Å². The summed E-state index contributed by atoms with van der Waals surface area (Å²) in [6.07, 6.45) is 1.44. The van der Waals surface area contributed by atoms with E-state index < -0.39 is 5.60 Å². The highest BCUT2D eigenvalue weighted by molar-refractivity contribution is 5.17. The van der Waals surface area contributed by atoms with E-state index >= 15 is 0 Å². The fraction of sp³-hybridized carbons (Fsp3) is 0.500. The summed E-state index contributed by atoms with van der Waals surface area (Å²) >= 11 is 0. The van der Waals surface area contributed by atoms with Crippen molar-refractivity contribution in [1.29, 1.82) is 0 Å². The van der Waals surface area contributed by atoms with E-state index in [1.165, 1.54) is 0 Å². The molecule has 0 saturated heterocycles. The van der Waals surface area contributed by atoms with Crippen LogP contribution in [0, 0.1) is 0 Å². The molecule has 0 bridgehead atoms. The van der Waals surface area contributed by atoms with E-state index in [0.717, 1.165) is 12.0 Å². The molecule has 2 aromatic rings. The Morgan fingerprint density at radius 2 is 2.00 bits per heavy atom. The first-order valence-electron chi connectivity index (χ1n) is 7.36. The molecular weight excluding hydrogens is 266 g/mol. The molecule has 1 unspecified atom stereocenters. The van der Waals surface area contributed by atoms with Crippen LogP contribution in [0.3, 0.4) is 0 Å². The lowest BCUT2D eigenvalue weighted by Gasteiger charge is -2.23. The van der Waals surface area contributed by atoms with Gasteiger partial charge in [-0.2, -0.15) is 4.98 Å². The molecule has 2 atom stereocenters. The SMILES string of the molecule is CCOC(C)(CC)c1noc([C@H](N)Cc2ccccc2)n1. The lowest BCUT2D eigenvalue weighted by atomic mass is 10.0. The summed E-state index contributed by atoms with van der Waals surface area (Å²) < 4.78 is 11.1. The van der Waals surface area contributed by atoms with Crippen molar-refractivity contribution in [3.63, 3.8) is 0 Å². The first-order chi connectivity index (χ1) is 10.1. The Labute approximate surface area is 125 Å². The molecule has 0 saturated carbocycles. The van der Waals surface area contributed by atoms with E-state index in [0.29, 0.717) is 24.7 Å². The summed E-state index contributed by atoms with van der Waals surface area (Å²) in [5.41, 5.74) is 6.78. The lowest BCUT2D eigenvalue weighted by Crippen LogP contribution is -2.27. The monoisotopic (exact) mass is 289 g/mol. The number of nitrogens with zero attached hydrogens (tertiary/aromatic N) is 2. The zero-order valence-corrected chi connectivity index (χ0v) is 12.9. The van der Waals surface area contributed by atoms with Gasteiger partial charge in [-0.05, 0) is 32.3 Å². The Bertz CT molecular complexity index is 556. The molecule has 21 heavy (non-hydrogen) atoms. The molecule has 0 aliphatic rings. The zero-order valence-electron chi connectivity index (χ0n) is 12.9. The van der Waals surface area contributed by atoms with Crippen molar-refractivity contribution in [3.8, 4) is 0 Å². The van der Waals surface area contributed by atoms with Crippen LogP contribution in [0.4, 0.5) is 0 Å². The second-order valence-corrected chi connectivity index (χ2v) is 5.27. The number of aromatic nitrogens is 2. The van der Waals surface area contributed by atoms with Gasteiger partial charge in [0.05, 0.1) is 6.04 Å². The molecule has 1 aromatic heterocycles. The first kappa shape index (κ1) is 15.7. The standard InChI is InChI=1S/C16H23N3O2/c1-4-16(3,20-5-2)15-18-14(21-19-15)13(17)11-12-9-7-6-8-10-12/h6-10,13H,4-5,11,17H2,1-3H3/t13-,16?/m1/s1. The third kappa shape index (κ3) is 3.68. The van der Waals surface area contributed by atoms with E-state index in [4.69, 9.17) is 15.0 Å². The van der Waals surface area contributed by atoms with Gasteiger partial charge in [-0.1, -0.05) is 42.4 Å². The third-order valence-electron chi connectivity index (χ3n) is 3.67. The minimum absolute atomic E-state index is 0.309. The molecule has 5 nitrogen and oxygen atoms in total. The van der Waals surface area contributed by atoms with Gasteiger partial charge >= 0.3 is 0 Å². The van der Waals surface area contributed by atoms with Crippen molar-refractivity contribution in [2.45, 2.75) is 45.3 Å². The van der Waals surface area contributed by atoms with Gasteiger partial charge in [0.1, 0.15) is 5.60 Å². The van der Waals surface area contributed by atoms with Gasteiger partial charge in [-0.15, -0.1) is 0 Å². The van der Waals surface area contributed by atoms with Gasteiger partial charge in [0.15, 0.2) is 0 Å². The summed E-state index contributed by atoms with van der Waals surface area (Å²) in [6, 6.07) is 9.72.